The number of hydrogen-bond acceptors (Lipinski definition) is 5. The lowest BCUT2D eigenvalue weighted by atomic mass is 9.67. The summed E-state index contributed by atoms with van der Waals surface area (Å²) in [7, 11) is -5.70. The van der Waals surface area contributed by atoms with Gasteiger partial charge in [0.15, 0.2) is 0 Å². The summed E-state index contributed by atoms with van der Waals surface area (Å²) < 4.78 is 72.0. The largest absolute Gasteiger partial charge is 0.523 e. The van der Waals surface area contributed by atoms with Crippen LogP contribution >= 0.6 is 0 Å². The lowest BCUT2D eigenvalue weighted by Gasteiger charge is -2.38. The Bertz CT molecular complexity index is 1090. The van der Waals surface area contributed by atoms with Crippen LogP contribution in [0.2, 0.25) is 0 Å². The van der Waals surface area contributed by atoms with Crippen molar-refractivity contribution in [3.05, 3.63) is 53.1 Å². The SMILES string of the molecule is CCC(CC)(C1=CC(C)C(OS(=O)(=O)C(F)(F)F)C=C1)c1ccc(OCC(O)(C(C)C)C(C)C)c(C)c1. The average Bonchev–Trinajstić information content (AvgIpc) is 2.80. The molecule has 0 saturated heterocycles. The fraction of sp³-hybridized carbons (Fsp3) is 0.643. The van der Waals surface area contributed by atoms with E-state index >= 15 is 0 Å². The van der Waals surface area contributed by atoms with Crippen LogP contribution in [0.3, 0.4) is 0 Å². The second kappa shape index (κ2) is 11.5. The van der Waals surface area contributed by atoms with E-state index in [-0.39, 0.29) is 18.4 Å². The molecule has 1 aliphatic carbocycles. The number of ether oxygens (including phenoxy) is 1. The molecular weight excluding hydrogens is 505 g/mol. The topological polar surface area (TPSA) is 72.8 Å². The van der Waals surface area contributed by atoms with E-state index < -0.39 is 38.7 Å². The molecule has 1 N–H and O–H groups in total. The maximum absolute atomic E-state index is 12.8. The highest BCUT2D eigenvalue weighted by molar-refractivity contribution is 7.87. The fourth-order valence-corrected chi connectivity index (χ4v) is 5.62. The Morgan fingerprint density at radius 1 is 1.05 bits per heavy atom. The molecule has 5 nitrogen and oxygen atoms in total. The number of aryl methyl sites for hydroxylation is 1. The van der Waals surface area contributed by atoms with Crippen molar-refractivity contribution in [1.82, 2.24) is 0 Å². The van der Waals surface area contributed by atoms with Crippen molar-refractivity contribution < 1.29 is 35.6 Å². The van der Waals surface area contributed by atoms with E-state index in [0.717, 1.165) is 29.5 Å². The molecule has 0 heterocycles. The summed E-state index contributed by atoms with van der Waals surface area (Å²) in [6, 6.07) is 5.92. The molecule has 37 heavy (non-hydrogen) atoms. The van der Waals surface area contributed by atoms with Gasteiger partial charge in [0.2, 0.25) is 0 Å². The van der Waals surface area contributed by atoms with Gasteiger partial charge < -0.3 is 9.84 Å². The van der Waals surface area contributed by atoms with Crippen LogP contribution in [-0.4, -0.2) is 37.3 Å². The first-order chi connectivity index (χ1) is 16.9. The van der Waals surface area contributed by atoms with Crippen molar-refractivity contribution in [3.63, 3.8) is 0 Å². The van der Waals surface area contributed by atoms with Gasteiger partial charge in [-0.15, -0.1) is 0 Å². The molecule has 0 spiro atoms. The number of rotatable bonds is 11. The quantitative estimate of drug-likeness (QED) is 0.243. The van der Waals surface area contributed by atoms with E-state index in [4.69, 9.17) is 4.74 Å². The van der Waals surface area contributed by atoms with Crippen molar-refractivity contribution in [3.8, 4) is 5.75 Å². The average molecular weight is 547 g/mol. The first-order valence-electron chi connectivity index (χ1n) is 12.8. The molecule has 210 valence electrons. The molecule has 9 heteroatoms. The van der Waals surface area contributed by atoms with Crippen molar-refractivity contribution in [2.75, 3.05) is 6.61 Å². The van der Waals surface area contributed by atoms with Crippen LogP contribution in [0.4, 0.5) is 13.2 Å². The van der Waals surface area contributed by atoms with Gasteiger partial charge in [0.1, 0.15) is 24.1 Å². The van der Waals surface area contributed by atoms with E-state index in [1.807, 2.05) is 66.7 Å². The van der Waals surface area contributed by atoms with Crippen LogP contribution in [0, 0.1) is 24.7 Å². The van der Waals surface area contributed by atoms with E-state index in [1.54, 1.807) is 19.1 Å². The van der Waals surface area contributed by atoms with Gasteiger partial charge in [-0.2, -0.15) is 21.6 Å². The Balaban J connectivity index is 2.34. The first kappa shape index (κ1) is 31.4. The monoisotopic (exact) mass is 546 g/mol. The Kier molecular flexibility index (Phi) is 9.75. The Morgan fingerprint density at radius 2 is 1.62 bits per heavy atom. The molecule has 1 aromatic rings. The lowest BCUT2D eigenvalue weighted by Crippen LogP contribution is -2.46. The van der Waals surface area contributed by atoms with E-state index in [0.29, 0.717) is 5.75 Å². The molecule has 0 saturated carbocycles. The number of allylic oxidation sites excluding steroid dienone is 2. The summed E-state index contributed by atoms with van der Waals surface area (Å²) in [5, 5.41) is 11.1. The molecule has 2 unspecified atom stereocenters. The number of hydrogen-bond donors (Lipinski definition) is 1. The smallest absolute Gasteiger partial charge is 0.490 e. The fourth-order valence-electron chi connectivity index (χ4n) is 4.98. The summed E-state index contributed by atoms with van der Waals surface area (Å²) in [4.78, 5) is 0. The van der Waals surface area contributed by atoms with Gasteiger partial charge in [-0.05, 0) is 54.4 Å². The van der Waals surface area contributed by atoms with Gasteiger partial charge in [-0.25, -0.2) is 0 Å². The predicted octanol–water partition coefficient (Wildman–Crippen LogP) is 6.84. The molecule has 0 bridgehead atoms. The highest BCUT2D eigenvalue weighted by Crippen LogP contribution is 2.44. The minimum atomic E-state index is -5.70. The van der Waals surface area contributed by atoms with Crippen LogP contribution in [-0.2, 0) is 19.7 Å². The van der Waals surface area contributed by atoms with Crippen LogP contribution in [0.5, 0.6) is 5.75 Å². The Hall–Kier alpha value is -1.84. The summed E-state index contributed by atoms with van der Waals surface area (Å²) in [5.74, 6) is 0.136. The molecule has 2 rings (SSSR count). The minimum Gasteiger partial charge on any atom is -0.490 e. The van der Waals surface area contributed by atoms with Crippen LogP contribution in [0.15, 0.2) is 42.0 Å². The van der Waals surface area contributed by atoms with E-state index in [1.165, 1.54) is 6.08 Å². The third-order valence-corrected chi connectivity index (χ3v) is 8.94. The number of benzene rings is 1. The van der Waals surface area contributed by atoms with E-state index in [9.17, 15) is 26.7 Å². The van der Waals surface area contributed by atoms with E-state index in [2.05, 4.69) is 4.18 Å². The van der Waals surface area contributed by atoms with Gasteiger partial charge in [0, 0.05) is 11.3 Å². The van der Waals surface area contributed by atoms with Crippen LogP contribution < -0.4 is 4.74 Å². The van der Waals surface area contributed by atoms with Crippen LogP contribution in [0.25, 0.3) is 0 Å². The van der Waals surface area contributed by atoms with Crippen molar-refractivity contribution in [2.45, 2.75) is 90.9 Å². The lowest BCUT2D eigenvalue weighted by molar-refractivity contribution is -0.0786. The number of aliphatic hydroxyl groups is 1. The third kappa shape index (κ3) is 6.42. The van der Waals surface area contributed by atoms with Gasteiger partial charge in [0.25, 0.3) is 0 Å². The summed E-state index contributed by atoms with van der Waals surface area (Å²) in [6.07, 6.45) is 5.08. The highest BCUT2D eigenvalue weighted by Gasteiger charge is 2.49. The normalized spacial score (nSPS) is 19.5. The van der Waals surface area contributed by atoms with Crippen molar-refractivity contribution in [2.24, 2.45) is 17.8 Å². The molecule has 0 amide bonds. The predicted molar refractivity (Wildman–Crippen MR) is 140 cm³/mol. The van der Waals surface area contributed by atoms with Crippen LogP contribution in [0.1, 0.15) is 72.4 Å². The minimum absolute atomic E-state index is 0.0193. The summed E-state index contributed by atoms with van der Waals surface area (Å²) in [6.45, 7) is 15.7. The zero-order valence-corrected chi connectivity index (χ0v) is 23.8. The van der Waals surface area contributed by atoms with Crippen molar-refractivity contribution >= 4 is 10.1 Å². The maximum atomic E-state index is 12.8. The third-order valence-electron chi connectivity index (χ3n) is 7.89. The zero-order chi connectivity index (χ0) is 28.4. The second-order valence-electron chi connectivity index (χ2n) is 10.7. The molecule has 0 aliphatic heterocycles. The van der Waals surface area contributed by atoms with Gasteiger partial charge in [-0.3, -0.25) is 4.18 Å². The summed E-state index contributed by atoms with van der Waals surface area (Å²) in [5.41, 5.74) is -4.04. The van der Waals surface area contributed by atoms with Crippen molar-refractivity contribution in [1.29, 1.82) is 0 Å². The number of alkyl halides is 3. The van der Waals surface area contributed by atoms with Gasteiger partial charge in [-0.1, -0.05) is 78.8 Å². The molecule has 1 aliphatic rings. The Labute approximate surface area is 219 Å². The standard InChI is InChI=1S/C28H41F3O5S/c1-9-26(10-2,23-12-14-25(21(8)16-23)36-37(33,34)28(29,30)31)22-11-13-24(20(7)15-22)35-17-27(32,18(3)4)19(5)6/h11-16,18-19,21,25,32H,9-10,17H2,1-8H3. The highest BCUT2D eigenvalue weighted by atomic mass is 32.2. The molecule has 0 radical (unpaired) electrons. The van der Waals surface area contributed by atoms with Gasteiger partial charge in [0.05, 0.1) is 0 Å². The number of halogens is 3. The Morgan fingerprint density at radius 3 is 2.05 bits per heavy atom. The molecule has 0 fully saturated rings. The maximum Gasteiger partial charge on any atom is 0.523 e. The zero-order valence-electron chi connectivity index (χ0n) is 23.0. The van der Waals surface area contributed by atoms with Gasteiger partial charge >= 0.3 is 15.6 Å². The summed E-state index contributed by atoms with van der Waals surface area (Å²) >= 11 is 0. The molecular formula is C28H41F3O5S. The molecule has 1 aromatic carbocycles. The first-order valence-corrected chi connectivity index (χ1v) is 14.2. The molecule has 0 aromatic heterocycles. The molecule has 2 atom stereocenters. The second-order valence-corrected chi connectivity index (χ2v) is 12.2.